The molecule has 4 aromatic rings. The summed E-state index contributed by atoms with van der Waals surface area (Å²) in [5.74, 6) is -0.166. The number of nitrogens with one attached hydrogen (secondary N) is 1. The van der Waals surface area contributed by atoms with E-state index < -0.39 is 0 Å². The molecule has 0 fully saturated rings. The van der Waals surface area contributed by atoms with Crippen LogP contribution in [0.2, 0.25) is 0 Å². The number of aromatic nitrogens is 4. The highest BCUT2D eigenvalue weighted by Crippen LogP contribution is 2.30. The molecule has 1 N–H and O–H groups in total. The Morgan fingerprint density at radius 3 is 2.50 bits per heavy atom. The maximum absolute atomic E-state index is 12.5. The van der Waals surface area contributed by atoms with Crippen LogP contribution in [0, 0.1) is 27.7 Å². The van der Waals surface area contributed by atoms with Gasteiger partial charge in [-0.1, -0.05) is 29.8 Å². The van der Waals surface area contributed by atoms with E-state index in [0.29, 0.717) is 10.8 Å². The van der Waals surface area contributed by atoms with Gasteiger partial charge in [0.15, 0.2) is 10.8 Å². The lowest BCUT2D eigenvalue weighted by atomic mass is 10.0. The van der Waals surface area contributed by atoms with Crippen LogP contribution in [0.15, 0.2) is 36.5 Å². The van der Waals surface area contributed by atoms with E-state index in [4.69, 9.17) is 0 Å². The van der Waals surface area contributed by atoms with Crippen LogP contribution in [-0.2, 0) is 11.3 Å². The summed E-state index contributed by atoms with van der Waals surface area (Å²) >= 11 is 1.47. The van der Waals surface area contributed by atoms with Crippen LogP contribution in [0.1, 0.15) is 21.8 Å². The highest BCUT2D eigenvalue weighted by Gasteiger charge is 2.16. The predicted molar refractivity (Wildman–Crippen MR) is 113 cm³/mol. The van der Waals surface area contributed by atoms with Crippen LogP contribution in [0.25, 0.3) is 22.2 Å². The number of nitrogens with zero attached hydrogens (tertiary/aromatic N) is 4. The van der Waals surface area contributed by atoms with Crippen LogP contribution in [0.3, 0.4) is 0 Å². The molecule has 0 bridgehead atoms. The minimum atomic E-state index is -0.166. The number of fused-ring (bicyclic) bond motifs is 1. The molecule has 142 valence electrons. The van der Waals surface area contributed by atoms with Gasteiger partial charge >= 0.3 is 0 Å². The average molecular weight is 392 g/mol. The molecule has 0 radical (unpaired) electrons. The lowest BCUT2D eigenvalue weighted by Crippen LogP contribution is -2.19. The summed E-state index contributed by atoms with van der Waals surface area (Å²) in [4.78, 5) is 22.5. The average Bonchev–Trinajstić information content (AvgIpc) is 3.14. The second-order valence-electron chi connectivity index (χ2n) is 6.87. The Kier molecular flexibility index (Phi) is 4.68. The van der Waals surface area contributed by atoms with Crippen LogP contribution in [0.5, 0.6) is 0 Å². The fourth-order valence-corrected chi connectivity index (χ4v) is 4.02. The third-order valence-electron chi connectivity index (χ3n) is 4.74. The van der Waals surface area contributed by atoms with Crippen LogP contribution in [0.4, 0.5) is 5.13 Å². The molecule has 0 unspecified atom stereocenters. The first-order chi connectivity index (χ1) is 13.4. The number of carbonyl (C=O) groups is 1. The molecule has 3 heterocycles. The SMILES string of the molecule is Cc1ccc(-c2ccnc3c2c(C)nn3CC(=O)Nc2nc(C)c(C)s2)cc1. The van der Waals surface area contributed by atoms with Gasteiger partial charge in [-0.3, -0.25) is 4.79 Å². The number of hydrogen-bond acceptors (Lipinski definition) is 5. The maximum atomic E-state index is 12.5. The molecule has 0 atom stereocenters. The smallest absolute Gasteiger partial charge is 0.247 e. The van der Waals surface area contributed by atoms with Crippen molar-refractivity contribution in [3.05, 3.63) is 58.4 Å². The molecular weight excluding hydrogens is 370 g/mol. The molecule has 0 saturated carbocycles. The number of amides is 1. The number of rotatable bonds is 4. The zero-order valence-electron chi connectivity index (χ0n) is 16.3. The lowest BCUT2D eigenvalue weighted by Gasteiger charge is -2.06. The highest BCUT2D eigenvalue weighted by molar-refractivity contribution is 7.15. The number of aryl methyl sites for hydroxylation is 4. The van der Waals surface area contributed by atoms with Gasteiger partial charge < -0.3 is 5.32 Å². The summed E-state index contributed by atoms with van der Waals surface area (Å²) < 4.78 is 1.66. The summed E-state index contributed by atoms with van der Waals surface area (Å²) in [6.45, 7) is 8.03. The molecule has 4 rings (SSSR count). The summed E-state index contributed by atoms with van der Waals surface area (Å²) in [6, 6.07) is 10.4. The predicted octanol–water partition coefficient (Wildman–Crippen LogP) is 4.43. The molecule has 0 spiro atoms. The van der Waals surface area contributed by atoms with Crippen molar-refractivity contribution in [2.24, 2.45) is 0 Å². The minimum Gasteiger partial charge on any atom is -0.300 e. The highest BCUT2D eigenvalue weighted by atomic mass is 32.1. The van der Waals surface area contributed by atoms with Gasteiger partial charge in [-0.2, -0.15) is 5.10 Å². The van der Waals surface area contributed by atoms with E-state index in [0.717, 1.165) is 32.8 Å². The standard InChI is InChI=1S/C21H21N5OS/c1-12-5-7-16(8-6-12)17-9-10-22-20-19(17)14(3)25-26(20)11-18(27)24-21-23-13(2)15(4)28-21/h5-10H,11H2,1-4H3,(H,23,24,27). The fraction of sp³-hybridized carbons (Fsp3) is 0.238. The Labute approximate surface area is 167 Å². The zero-order valence-corrected chi connectivity index (χ0v) is 17.1. The fourth-order valence-electron chi connectivity index (χ4n) is 3.19. The van der Waals surface area contributed by atoms with Crippen molar-refractivity contribution in [2.75, 3.05) is 5.32 Å². The molecule has 0 aliphatic heterocycles. The van der Waals surface area contributed by atoms with E-state index in [9.17, 15) is 4.79 Å². The van der Waals surface area contributed by atoms with Crippen molar-refractivity contribution < 1.29 is 4.79 Å². The van der Waals surface area contributed by atoms with Gasteiger partial charge in [0.25, 0.3) is 0 Å². The van der Waals surface area contributed by atoms with E-state index in [1.165, 1.54) is 16.9 Å². The Bertz CT molecular complexity index is 1150. The van der Waals surface area contributed by atoms with E-state index in [1.807, 2.05) is 26.8 Å². The first-order valence-corrected chi connectivity index (χ1v) is 9.87. The Morgan fingerprint density at radius 1 is 1.07 bits per heavy atom. The van der Waals surface area contributed by atoms with Crippen LogP contribution >= 0.6 is 11.3 Å². The molecule has 3 aromatic heterocycles. The van der Waals surface area contributed by atoms with E-state index in [1.54, 1.807) is 10.9 Å². The summed E-state index contributed by atoms with van der Waals surface area (Å²) in [7, 11) is 0. The van der Waals surface area contributed by atoms with Crippen molar-refractivity contribution in [3.8, 4) is 11.1 Å². The van der Waals surface area contributed by atoms with E-state index >= 15 is 0 Å². The van der Waals surface area contributed by atoms with Crippen LogP contribution in [-0.4, -0.2) is 25.7 Å². The monoisotopic (exact) mass is 391 g/mol. The molecule has 1 aromatic carbocycles. The molecule has 0 saturated heterocycles. The number of hydrogen-bond donors (Lipinski definition) is 1. The molecule has 0 aliphatic rings. The zero-order chi connectivity index (χ0) is 19.8. The topological polar surface area (TPSA) is 72.7 Å². The first-order valence-electron chi connectivity index (χ1n) is 9.05. The molecule has 6 nitrogen and oxygen atoms in total. The number of benzene rings is 1. The number of pyridine rings is 1. The van der Waals surface area contributed by atoms with Gasteiger partial charge in [0, 0.05) is 16.5 Å². The van der Waals surface area contributed by atoms with E-state index in [2.05, 4.69) is 51.6 Å². The van der Waals surface area contributed by atoms with Crippen molar-refractivity contribution in [3.63, 3.8) is 0 Å². The molecule has 28 heavy (non-hydrogen) atoms. The van der Waals surface area contributed by atoms with Gasteiger partial charge in [0.05, 0.1) is 11.4 Å². The lowest BCUT2D eigenvalue weighted by molar-refractivity contribution is -0.116. The van der Waals surface area contributed by atoms with Gasteiger partial charge in [-0.15, -0.1) is 11.3 Å². The maximum Gasteiger partial charge on any atom is 0.247 e. The third kappa shape index (κ3) is 3.41. The third-order valence-corrected chi connectivity index (χ3v) is 5.73. The molecule has 0 aliphatic carbocycles. The van der Waals surface area contributed by atoms with Gasteiger partial charge in [-0.05, 0) is 44.9 Å². The molecule has 7 heteroatoms. The van der Waals surface area contributed by atoms with Gasteiger partial charge in [0.2, 0.25) is 5.91 Å². The largest absolute Gasteiger partial charge is 0.300 e. The summed E-state index contributed by atoms with van der Waals surface area (Å²) in [6.07, 6.45) is 1.76. The Balaban J connectivity index is 1.66. The summed E-state index contributed by atoms with van der Waals surface area (Å²) in [5, 5.41) is 9.02. The first kappa shape index (κ1) is 18.3. The van der Waals surface area contributed by atoms with Crippen molar-refractivity contribution >= 4 is 33.4 Å². The second kappa shape index (κ2) is 7.16. The van der Waals surface area contributed by atoms with Crippen molar-refractivity contribution in [2.45, 2.75) is 34.2 Å². The summed E-state index contributed by atoms with van der Waals surface area (Å²) in [5.41, 5.74) is 5.89. The Hall–Kier alpha value is -3.06. The molecule has 1 amide bonds. The quantitative estimate of drug-likeness (QED) is 0.559. The molecular formula is C21H21N5OS. The normalized spacial score (nSPS) is 11.1. The van der Waals surface area contributed by atoms with Gasteiger partial charge in [-0.25, -0.2) is 14.6 Å². The second-order valence-corrected chi connectivity index (χ2v) is 8.08. The minimum absolute atomic E-state index is 0.0896. The van der Waals surface area contributed by atoms with Crippen molar-refractivity contribution in [1.82, 2.24) is 19.7 Å². The van der Waals surface area contributed by atoms with Crippen molar-refractivity contribution in [1.29, 1.82) is 0 Å². The Morgan fingerprint density at radius 2 is 1.82 bits per heavy atom. The number of anilines is 1. The van der Waals surface area contributed by atoms with Crippen LogP contribution < -0.4 is 5.32 Å². The van der Waals surface area contributed by atoms with Gasteiger partial charge in [0.1, 0.15) is 6.54 Å². The number of carbonyl (C=O) groups excluding carboxylic acids is 1. The van der Waals surface area contributed by atoms with E-state index in [-0.39, 0.29) is 12.5 Å². The number of thiazole rings is 1.